The van der Waals surface area contributed by atoms with Crippen molar-refractivity contribution in [2.75, 3.05) is 0 Å². The first kappa shape index (κ1) is 21.7. The Morgan fingerprint density at radius 1 is 1.07 bits per heavy atom. The third kappa shape index (κ3) is 4.29. The molecule has 3 N–H and O–H groups in total. The zero-order valence-corrected chi connectivity index (χ0v) is 18.4. The number of carbonyl (C=O) groups is 1. The van der Waals surface area contributed by atoms with E-state index in [-0.39, 0.29) is 5.56 Å². The van der Waals surface area contributed by atoms with Crippen molar-refractivity contribution < 1.29 is 9.90 Å². The molecule has 3 aromatic rings. The van der Waals surface area contributed by atoms with Gasteiger partial charge in [0.15, 0.2) is 0 Å². The van der Waals surface area contributed by atoms with Gasteiger partial charge in [-0.1, -0.05) is 49.7 Å². The summed E-state index contributed by atoms with van der Waals surface area (Å²) in [6.45, 7) is 10.7. The van der Waals surface area contributed by atoms with Gasteiger partial charge in [0.1, 0.15) is 0 Å². The maximum atomic E-state index is 12.0. The van der Waals surface area contributed by atoms with Gasteiger partial charge in [0, 0.05) is 17.8 Å². The van der Waals surface area contributed by atoms with E-state index in [4.69, 9.17) is 10.7 Å². The predicted molar refractivity (Wildman–Crippen MR) is 123 cm³/mol. The van der Waals surface area contributed by atoms with Gasteiger partial charge in [-0.3, -0.25) is 4.98 Å². The topological polar surface area (TPSA) is 76.2 Å². The maximum absolute atomic E-state index is 12.0. The van der Waals surface area contributed by atoms with Crippen molar-refractivity contribution in [2.45, 2.75) is 47.6 Å². The van der Waals surface area contributed by atoms with Crippen LogP contribution in [-0.4, -0.2) is 16.1 Å². The highest BCUT2D eigenvalue weighted by Crippen LogP contribution is 2.35. The number of hydrogen-bond acceptors (Lipinski definition) is 3. The number of hydrogen-bond donors (Lipinski definition) is 2. The van der Waals surface area contributed by atoms with Crippen molar-refractivity contribution in [3.8, 4) is 22.4 Å². The molecule has 4 nitrogen and oxygen atoms in total. The number of benzene rings is 2. The van der Waals surface area contributed by atoms with Gasteiger partial charge in [-0.15, -0.1) is 0 Å². The molecule has 0 aliphatic rings. The molecule has 0 saturated carbocycles. The summed E-state index contributed by atoms with van der Waals surface area (Å²) in [5.74, 6) is -0.540. The van der Waals surface area contributed by atoms with Gasteiger partial charge in [-0.2, -0.15) is 0 Å². The smallest absolute Gasteiger partial charge is 0.336 e. The fourth-order valence-corrected chi connectivity index (χ4v) is 3.85. The zero-order valence-electron chi connectivity index (χ0n) is 18.4. The Labute approximate surface area is 178 Å². The van der Waals surface area contributed by atoms with Gasteiger partial charge in [0.05, 0.1) is 11.3 Å². The van der Waals surface area contributed by atoms with E-state index in [1.165, 1.54) is 5.56 Å². The highest BCUT2D eigenvalue weighted by molar-refractivity contribution is 5.97. The molecule has 0 atom stereocenters. The van der Waals surface area contributed by atoms with E-state index in [9.17, 15) is 9.90 Å². The molecule has 3 rings (SSSR count). The Morgan fingerprint density at radius 2 is 1.73 bits per heavy atom. The molecule has 4 heteroatoms. The number of aryl methyl sites for hydroxylation is 2. The quantitative estimate of drug-likeness (QED) is 0.555. The van der Waals surface area contributed by atoms with Crippen molar-refractivity contribution >= 4 is 5.97 Å². The van der Waals surface area contributed by atoms with E-state index in [1.54, 1.807) is 6.07 Å². The lowest BCUT2D eigenvalue weighted by molar-refractivity contribution is 0.0697. The number of nitrogens with zero attached hydrogens (tertiary/aromatic N) is 1. The monoisotopic (exact) mass is 402 g/mol. The van der Waals surface area contributed by atoms with Crippen molar-refractivity contribution in [3.05, 3.63) is 76.0 Å². The van der Waals surface area contributed by atoms with Crippen LogP contribution in [0.15, 0.2) is 42.5 Å². The molecule has 0 aliphatic carbocycles. The molecule has 30 heavy (non-hydrogen) atoms. The van der Waals surface area contributed by atoms with E-state index in [0.29, 0.717) is 23.7 Å². The molecule has 0 fully saturated rings. The molecule has 0 amide bonds. The number of pyridine rings is 1. The molecular weight excluding hydrogens is 372 g/mol. The Balaban J connectivity index is 2.37. The van der Waals surface area contributed by atoms with Crippen LogP contribution in [0, 0.1) is 26.7 Å². The highest BCUT2D eigenvalue weighted by atomic mass is 16.4. The number of nitrogens with two attached hydrogens (primary N) is 1. The summed E-state index contributed by atoms with van der Waals surface area (Å²) in [4.78, 5) is 16.9. The van der Waals surface area contributed by atoms with Crippen molar-refractivity contribution in [2.24, 2.45) is 11.7 Å². The van der Waals surface area contributed by atoms with E-state index in [1.807, 2.05) is 26.0 Å². The summed E-state index contributed by atoms with van der Waals surface area (Å²) in [7, 11) is 0. The van der Waals surface area contributed by atoms with Crippen molar-refractivity contribution in [1.82, 2.24) is 4.98 Å². The van der Waals surface area contributed by atoms with Crippen LogP contribution < -0.4 is 5.73 Å². The van der Waals surface area contributed by atoms with E-state index in [0.717, 1.165) is 39.9 Å². The molecule has 156 valence electrons. The fourth-order valence-electron chi connectivity index (χ4n) is 3.85. The summed E-state index contributed by atoms with van der Waals surface area (Å²) in [5.41, 5.74) is 15.1. The molecule has 0 spiro atoms. The average molecular weight is 403 g/mol. The molecule has 1 aromatic heterocycles. The molecule has 0 radical (unpaired) electrons. The molecule has 0 saturated heterocycles. The van der Waals surface area contributed by atoms with Crippen LogP contribution in [0.3, 0.4) is 0 Å². The maximum Gasteiger partial charge on any atom is 0.336 e. The second-order valence-corrected chi connectivity index (χ2v) is 8.38. The van der Waals surface area contributed by atoms with Crippen LogP contribution in [0.4, 0.5) is 0 Å². The highest BCUT2D eigenvalue weighted by Gasteiger charge is 2.21. The number of aromatic nitrogens is 1. The molecule has 0 aliphatic heterocycles. The molecule has 0 unspecified atom stereocenters. The van der Waals surface area contributed by atoms with Gasteiger partial charge in [0.2, 0.25) is 0 Å². The van der Waals surface area contributed by atoms with Crippen LogP contribution >= 0.6 is 0 Å². The lowest BCUT2D eigenvalue weighted by Gasteiger charge is -2.19. The van der Waals surface area contributed by atoms with E-state index < -0.39 is 5.97 Å². The van der Waals surface area contributed by atoms with Crippen LogP contribution in [0.1, 0.15) is 52.2 Å². The van der Waals surface area contributed by atoms with Gasteiger partial charge in [0.25, 0.3) is 0 Å². The minimum Gasteiger partial charge on any atom is -0.478 e. The third-order valence-electron chi connectivity index (χ3n) is 5.60. The predicted octanol–water partition coefficient (Wildman–Crippen LogP) is 5.70. The van der Waals surface area contributed by atoms with Crippen molar-refractivity contribution in [1.29, 1.82) is 0 Å². The molecular formula is C26H30N2O2. The van der Waals surface area contributed by atoms with Gasteiger partial charge >= 0.3 is 5.97 Å². The first-order valence-corrected chi connectivity index (χ1v) is 10.4. The summed E-state index contributed by atoms with van der Waals surface area (Å²) in [6, 6.07) is 13.9. The average Bonchev–Trinajstić information content (AvgIpc) is 2.69. The van der Waals surface area contributed by atoms with Gasteiger partial charge in [-0.25, -0.2) is 4.79 Å². The fraction of sp³-hybridized carbons (Fsp3) is 0.308. The Bertz CT molecular complexity index is 1080. The van der Waals surface area contributed by atoms with E-state index in [2.05, 4.69) is 45.0 Å². The van der Waals surface area contributed by atoms with Gasteiger partial charge in [-0.05, 0) is 73.1 Å². The molecule has 1 heterocycles. The van der Waals surface area contributed by atoms with E-state index >= 15 is 0 Å². The minimum absolute atomic E-state index is 0.274. The summed E-state index contributed by atoms with van der Waals surface area (Å²) in [6.07, 6.45) is 0.784. The normalized spacial score (nSPS) is 11.2. The van der Waals surface area contributed by atoms with Crippen LogP contribution in [0.5, 0.6) is 0 Å². The second-order valence-electron chi connectivity index (χ2n) is 8.38. The lowest BCUT2D eigenvalue weighted by Crippen LogP contribution is -2.11. The van der Waals surface area contributed by atoms with Crippen LogP contribution in [0.25, 0.3) is 22.4 Å². The molecule has 0 bridgehead atoms. The summed E-state index contributed by atoms with van der Waals surface area (Å²) < 4.78 is 0. The Hall–Kier alpha value is -2.98. The zero-order chi connectivity index (χ0) is 22.0. The Morgan fingerprint density at radius 3 is 2.30 bits per heavy atom. The van der Waals surface area contributed by atoms with Crippen LogP contribution in [0.2, 0.25) is 0 Å². The molecule has 2 aromatic carbocycles. The minimum atomic E-state index is -0.944. The number of carboxylic acids is 1. The summed E-state index contributed by atoms with van der Waals surface area (Å²) >= 11 is 0. The summed E-state index contributed by atoms with van der Waals surface area (Å²) in [5, 5.41) is 9.83. The Kier molecular flexibility index (Phi) is 6.37. The van der Waals surface area contributed by atoms with Crippen molar-refractivity contribution in [3.63, 3.8) is 0 Å². The largest absolute Gasteiger partial charge is 0.478 e. The van der Waals surface area contributed by atoms with Gasteiger partial charge < -0.3 is 10.8 Å². The lowest BCUT2D eigenvalue weighted by atomic mass is 9.90. The SMILES string of the molecule is Cc1ccc(-c2cc(-c3c(C(=O)O)ccc(C)c3C)nc(CC(C)C)c2CN)cc1. The second kappa shape index (κ2) is 8.80. The third-order valence-corrected chi connectivity index (χ3v) is 5.60. The number of rotatable bonds is 6. The first-order chi connectivity index (χ1) is 14.2. The number of carboxylic acid groups (broad SMARTS) is 1. The first-order valence-electron chi connectivity index (χ1n) is 10.4. The number of aromatic carboxylic acids is 1. The van der Waals surface area contributed by atoms with Crippen LogP contribution in [-0.2, 0) is 13.0 Å². The standard InChI is InChI=1S/C26H30N2O2/c1-15(2)12-23-22(14-27)21(19-9-6-16(3)7-10-19)13-24(28-23)25-18(5)17(4)8-11-20(25)26(29)30/h6-11,13,15H,12,14,27H2,1-5H3,(H,29,30).